The fourth-order valence-electron chi connectivity index (χ4n) is 4.38. The number of halogens is 3. The van der Waals surface area contributed by atoms with Crippen LogP contribution in [0.3, 0.4) is 0 Å². The molecule has 0 unspecified atom stereocenters. The van der Waals surface area contributed by atoms with Crippen molar-refractivity contribution in [3.8, 4) is 28.0 Å². The minimum atomic E-state index is -5.72. The molecule has 3 aromatic carbocycles. The topological polar surface area (TPSA) is 90.6 Å². The van der Waals surface area contributed by atoms with Gasteiger partial charge in [-0.05, 0) is 35.2 Å². The Morgan fingerprint density at radius 3 is 2.34 bits per heavy atom. The third kappa shape index (κ3) is 5.23. The zero-order valence-corrected chi connectivity index (χ0v) is 20.7. The van der Waals surface area contributed by atoms with Gasteiger partial charge in [-0.25, -0.2) is 8.42 Å². The molecule has 0 spiro atoms. The summed E-state index contributed by atoms with van der Waals surface area (Å²) in [6.45, 7) is 0.203. The van der Waals surface area contributed by atoms with Crippen LogP contribution in [-0.2, 0) is 16.4 Å². The van der Waals surface area contributed by atoms with Gasteiger partial charge < -0.3 is 14.6 Å². The van der Waals surface area contributed by atoms with E-state index in [1.165, 1.54) is 18.2 Å². The minimum absolute atomic E-state index is 0.186. The maximum absolute atomic E-state index is 12.9. The van der Waals surface area contributed by atoms with E-state index in [0.29, 0.717) is 23.3 Å². The summed E-state index contributed by atoms with van der Waals surface area (Å²) in [4.78, 5) is 4.54. The molecule has 6 nitrogen and oxygen atoms in total. The number of pyridine rings is 1. The molecule has 0 amide bonds. The normalized spacial score (nSPS) is 17.4. The summed E-state index contributed by atoms with van der Waals surface area (Å²) < 4.78 is 70.8. The summed E-state index contributed by atoms with van der Waals surface area (Å²) in [6, 6.07) is 24.2. The van der Waals surface area contributed by atoms with E-state index >= 15 is 0 Å². The molecule has 38 heavy (non-hydrogen) atoms. The monoisotopic (exact) mass is 539 g/mol. The Morgan fingerprint density at radius 1 is 0.921 bits per heavy atom. The highest BCUT2D eigenvalue weighted by Crippen LogP contribution is 2.43. The number of rotatable bonds is 6. The van der Waals surface area contributed by atoms with Crippen LogP contribution in [0.25, 0.3) is 27.0 Å². The Bertz CT molecular complexity index is 1540. The standard InChI is InChI=1S/C28H22F3N2O4S/c29-28(30,31)38(35,36)33-25-9-5-4-8-23(25)19-11-13-24-26(15-19)37-17-21(27(24)34)14-22-12-10-20(16-32-22)18-6-2-1-3-7-18/h1-13,15-16,21,27,34H,14,17H2/q-1/t21-,27+/m0/s1. The predicted molar refractivity (Wildman–Crippen MR) is 137 cm³/mol. The summed E-state index contributed by atoms with van der Waals surface area (Å²) in [5.41, 5.74) is -1.87. The first-order chi connectivity index (χ1) is 18.1. The Balaban J connectivity index is 1.34. The van der Waals surface area contributed by atoms with Crippen molar-refractivity contribution in [1.82, 2.24) is 4.98 Å². The number of aliphatic hydroxyl groups excluding tert-OH is 1. The molecule has 2 atom stereocenters. The predicted octanol–water partition coefficient (Wildman–Crippen LogP) is 6.56. The number of fused-ring (bicyclic) bond motifs is 1. The molecule has 1 N–H and O–H groups in total. The summed E-state index contributed by atoms with van der Waals surface area (Å²) in [5, 5.41) is 11.0. The van der Waals surface area contributed by atoms with E-state index in [9.17, 15) is 26.7 Å². The van der Waals surface area contributed by atoms with Crippen molar-refractivity contribution in [2.75, 3.05) is 6.61 Å². The van der Waals surface area contributed by atoms with Gasteiger partial charge in [-0.2, -0.15) is 13.2 Å². The lowest BCUT2D eigenvalue weighted by Gasteiger charge is -2.31. The van der Waals surface area contributed by atoms with Crippen molar-refractivity contribution in [3.63, 3.8) is 0 Å². The Kier molecular flexibility index (Phi) is 6.85. The molecule has 0 radical (unpaired) electrons. The van der Waals surface area contributed by atoms with Crippen LogP contribution in [0.4, 0.5) is 18.9 Å². The van der Waals surface area contributed by atoms with Crippen LogP contribution in [0.5, 0.6) is 5.75 Å². The van der Waals surface area contributed by atoms with E-state index < -0.39 is 21.6 Å². The fraction of sp³-hybridized carbons (Fsp3) is 0.179. The molecule has 0 fully saturated rings. The van der Waals surface area contributed by atoms with Crippen LogP contribution in [0.2, 0.25) is 0 Å². The molecule has 1 aliphatic heterocycles. The van der Waals surface area contributed by atoms with Gasteiger partial charge in [-0.3, -0.25) is 4.98 Å². The van der Waals surface area contributed by atoms with Gasteiger partial charge in [-0.15, -0.1) is 5.69 Å². The SMILES string of the molecule is O=S(=O)([N-]c1ccccc1-c1ccc2c(c1)OC[C@H](Cc1ccc(-c3ccccc3)cn1)[C@H]2O)C(F)(F)F. The highest BCUT2D eigenvalue weighted by molar-refractivity contribution is 7.95. The molecule has 1 aromatic heterocycles. The van der Waals surface area contributed by atoms with Gasteiger partial charge in [0, 0.05) is 28.9 Å². The van der Waals surface area contributed by atoms with E-state index in [2.05, 4.69) is 9.71 Å². The Morgan fingerprint density at radius 2 is 1.63 bits per heavy atom. The maximum Gasteiger partial charge on any atom is 0.483 e. The highest BCUT2D eigenvalue weighted by atomic mass is 32.2. The number of aliphatic hydroxyl groups is 1. The number of benzene rings is 3. The Labute approximate surface area is 217 Å². The third-order valence-electron chi connectivity index (χ3n) is 6.36. The first-order valence-corrected chi connectivity index (χ1v) is 13.2. The molecule has 2 heterocycles. The van der Waals surface area contributed by atoms with Gasteiger partial charge >= 0.3 is 5.51 Å². The molecule has 1 aliphatic rings. The van der Waals surface area contributed by atoms with E-state index in [0.717, 1.165) is 16.8 Å². The molecule has 0 aliphatic carbocycles. The van der Waals surface area contributed by atoms with Crippen LogP contribution in [-0.4, -0.2) is 30.6 Å². The number of hydrogen-bond donors (Lipinski definition) is 1. The van der Waals surface area contributed by atoms with E-state index in [1.807, 2.05) is 42.5 Å². The first kappa shape index (κ1) is 25.7. The second kappa shape index (κ2) is 10.1. The lowest BCUT2D eigenvalue weighted by atomic mass is 9.88. The second-order valence-corrected chi connectivity index (χ2v) is 10.5. The lowest BCUT2D eigenvalue weighted by molar-refractivity contribution is -0.0425. The molecule has 0 saturated carbocycles. The largest absolute Gasteiger partial charge is 0.569 e. The lowest BCUT2D eigenvalue weighted by Crippen LogP contribution is -2.28. The van der Waals surface area contributed by atoms with Crippen molar-refractivity contribution in [3.05, 3.63) is 107 Å². The number of alkyl halides is 3. The van der Waals surface area contributed by atoms with Gasteiger partial charge in [-0.1, -0.05) is 72.8 Å². The zero-order valence-electron chi connectivity index (χ0n) is 19.8. The summed E-state index contributed by atoms with van der Waals surface area (Å²) >= 11 is 0. The number of ether oxygens (including phenoxy) is 1. The number of hydrogen-bond acceptors (Lipinski definition) is 5. The van der Waals surface area contributed by atoms with Crippen LogP contribution in [0, 0.1) is 5.92 Å². The van der Waals surface area contributed by atoms with Crippen molar-refractivity contribution in [1.29, 1.82) is 0 Å². The average molecular weight is 540 g/mol. The molecular weight excluding hydrogens is 517 g/mol. The third-order valence-corrected chi connectivity index (χ3v) is 7.38. The van der Waals surface area contributed by atoms with Gasteiger partial charge in [0.15, 0.2) is 10.0 Å². The van der Waals surface area contributed by atoms with Crippen molar-refractivity contribution >= 4 is 15.7 Å². The summed E-state index contributed by atoms with van der Waals surface area (Å²) in [7, 11) is -5.72. The first-order valence-electron chi connectivity index (χ1n) is 11.7. The highest BCUT2D eigenvalue weighted by Gasteiger charge is 2.39. The van der Waals surface area contributed by atoms with Gasteiger partial charge in [0.2, 0.25) is 0 Å². The van der Waals surface area contributed by atoms with Crippen LogP contribution < -0.4 is 4.74 Å². The fourth-order valence-corrected chi connectivity index (χ4v) is 4.90. The van der Waals surface area contributed by atoms with Crippen LogP contribution in [0.1, 0.15) is 17.4 Å². The van der Waals surface area contributed by atoms with E-state index in [-0.39, 0.29) is 23.8 Å². The smallest absolute Gasteiger partial charge is 0.483 e. The summed E-state index contributed by atoms with van der Waals surface area (Å²) in [5.74, 6) is 0.106. The Hall–Kier alpha value is -3.89. The molecule has 5 rings (SSSR count). The number of aromatic nitrogens is 1. The van der Waals surface area contributed by atoms with Gasteiger partial charge in [0.05, 0.1) is 12.7 Å². The number of nitrogens with zero attached hydrogens (tertiary/aromatic N) is 2. The van der Waals surface area contributed by atoms with Crippen LogP contribution in [0.15, 0.2) is 91.1 Å². The van der Waals surface area contributed by atoms with Gasteiger partial charge in [0.25, 0.3) is 0 Å². The second-order valence-electron chi connectivity index (χ2n) is 8.91. The van der Waals surface area contributed by atoms with Crippen LogP contribution >= 0.6 is 0 Å². The maximum atomic E-state index is 12.9. The molecule has 0 saturated heterocycles. The van der Waals surface area contributed by atoms with Crippen molar-refractivity contribution in [2.45, 2.75) is 18.0 Å². The average Bonchev–Trinajstić information content (AvgIpc) is 2.90. The van der Waals surface area contributed by atoms with Gasteiger partial charge in [0.1, 0.15) is 5.75 Å². The quantitative estimate of drug-likeness (QED) is 0.300. The zero-order chi connectivity index (χ0) is 26.9. The molecular formula is C28H22F3N2O4S-. The summed E-state index contributed by atoms with van der Waals surface area (Å²) in [6.07, 6.45) is 1.42. The molecule has 196 valence electrons. The minimum Gasteiger partial charge on any atom is -0.569 e. The molecule has 10 heteroatoms. The van der Waals surface area contributed by atoms with E-state index in [4.69, 9.17) is 4.74 Å². The molecule has 0 bridgehead atoms. The molecule has 4 aromatic rings. The van der Waals surface area contributed by atoms with Crippen molar-refractivity contribution in [2.24, 2.45) is 5.92 Å². The number of sulfonamides is 1. The van der Waals surface area contributed by atoms with Crippen molar-refractivity contribution < 1.29 is 31.4 Å². The van der Waals surface area contributed by atoms with E-state index in [1.54, 1.807) is 30.5 Å².